The van der Waals surface area contributed by atoms with Gasteiger partial charge in [-0.3, -0.25) is 9.59 Å². The first kappa shape index (κ1) is 29.3. The predicted molar refractivity (Wildman–Crippen MR) is 164 cm³/mol. The summed E-state index contributed by atoms with van der Waals surface area (Å²) in [5.41, 5.74) is 2.84. The molecule has 3 aliphatic rings. The zero-order valence-corrected chi connectivity index (χ0v) is 24.8. The minimum absolute atomic E-state index is 0.110. The second kappa shape index (κ2) is 12.4. The summed E-state index contributed by atoms with van der Waals surface area (Å²) in [7, 11) is -3.62. The van der Waals surface area contributed by atoms with Crippen LogP contribution in [0.25, 0.3) is 0 Å². The first-order chi connectivity index (χ1) is 21.3. The minimum atomic E-state index is -3.62. The molecule has 2 amide bonds. The number of carbonyl (C=O) groups excluding carboxylic acids is 2. The highest BCUT2D eigenvalue weighted by atomic mass is 32.2. The average Bonchev–Trinajstić information content (AvgIpc) is 3.04. The van der Waals surface area contributed by atoms with Gasteiger partial charge in [0, 0.05) is 19.5 Å². The van der Waals surface area contributed by atoms with E-state index in [1.54, 1.807) is 47.4 Å². The number of phenols is 1. The van der Waals surface area contributed by atoms with E-state index in [0.29, 0.717) is 49.8 Å². The van der Waals surface area contributed by atoms with E-state index in [9.17, 15) is 23.1 Å². The lowest BCUT2D eigenvalue weighted by Crippen LogP contribution is -2.41. The van der Waals surface area contributed by atoms with Gasteiger partial charge in [-0.25, -0.2) is 8.42 Å². The average molecular weight is 613 g/mol. The van der Waals surface area contributed by atoms with E-state index in [-0.39, 0.29) is 34.3 Å². The molecule has 1 unspecified atom stereocenters. The molecule has 0 saturated heterocycles. The Kier molecular flexibility index (Phi) is 8.25. The molecule has 0 aromatic heterocycles. The summed E-state index contributed by atoms with van der Waals surface area (Å²) in [6.07, 6.45) is 0.927. The molecule has 44 heavy (non-hydrogen) atoms. The van der Waals surface area contributed by atoms with Gasteiger partial charge in [0.1, 0.15) is 23.0 Å². The van der Waals surface area contributed by atoms with Crippen molar-refractivity contribution in [3.63, 3.8) is 0 Å². The number of fused-ring (bicyclic) bond motifs is 6. The molecule has 0 spiro atoms. The lowest BCUT2D eigenvalue weighted by atomic mass is 9.87. The van der Waals surface area contributed by atoms with Crippen molar-refractivity contribution >= 4 is 21.7 Å². The Morgan fingerprint density at radius 3 is 2.57 bits per heavy atom. The maximum atomic E-state index is 13.7. The molecule has 8 bridgehead atoms. The number of hydrogen-bond donors (Lipinski definition) is 2. The number of benzene rings is 4. The number of phenolic OH excluding ortho intramolecular Hbond substituents is 1. The fourth-order valence-electron chi connectivity index (χ4n) is 5.64. The molecule has 0 saturated carbocycles. The van der Waals surface area contributed by atoms with Crippen LogP contribution in [0, 0.1) is 0 Å². The molecule has 3 heterocycles. The molecule has 1 atom stereocenters. The van der Waals surface area contributed by atoms with Crippen LogP contribution in [0.4, 0.5) is 0 Å². The number of ether oxygens (including phenoxy) is 2. The summed E-state index contributed by atoms with van der Waals surface area (Å²) in [6, 6.07) is 25.4. The molecule has 3 aliphatic heterocycles. The first-order valence-corrected chi connectivity index (χ1v) is 16.2. The van der Waals surface area contributed by atoms with Crippen molar-refractivity contribution in [2.75, 3.05) is 25.4 Å². The fourth-order valence-corrected chi connectivity index (χ4v) is 6.89. The zero-order chi connectivity index (χ0) is 30.7. The standard InChI is InChI=1S/C34H32N2O7S/c37-31-13-11-27-22-30(31)34(39)35-16-5-18-42-25-7-4-6-24(21-25)33-29-12-10-26(43-27)20-23(29)14-17-36(33)32(38)15-19-44(40,41)28-8-2-1-3-9-28/h1-4,6-13,20-22,33,37H,5,14-19H2,(H,35,39). The van der Waals surface area contributed by atoms with Crippen LogP contribution in [0.15, 0.2) is 95.9 Å². The molecular weight excluding hydrogens is 580 g/mol. The molecule has 0 fully saturated rings. The van der Waals surface area contributed by atoms with Crippen molar-refractivity contribution in [2.45, 2.75) is 30.2 Å². The quantitative estimate of drug-likeness (QED) is 0.331. The maximum Gasteiger partial charge on any atom is 0.255 e. The normalized spacial score (nSPS) is 16.6. The molecule has 4 aromatic carbocycles. The predicted octanol–water partition coefficient (Wildman–Crippen LogP) is 5.03. The molecule has 226 valence electrons. The Morgan fingerprint density at radius 2 is 1.73 bits per heavy atom. The molecule has 2 N–H and O–H groups in total. The Bertz CT molecular complexity index is 1810. The SMILES string of the molecule is O=C1NCCCOc2cccc(c2)C2c3ccc(cc3CCN2C(=O)CCS(=O)(=O)c2ccccc2)Oc2ccc(O)c1c2. The highest BCUT2D eigenvalue weighted by Crippen LogP contribution is 2.39. The Balaban J connectivity index is 1.34. The van der Waals surface area contributed by atoms with Crippen molar-refractivity contribution < 1.29 is 32.6 Å². The number of rotatable bonds is 4. The summed E-state index contributed by atoms with van der Waals surface area (Å²) >= 11 is 0. The summed E-state index contributed by atoms with van der Waals surface area (Å²) < 4.78 is 38.0. The van der Waals surface area contributed by atoms with Crippen LogP contribution in [-0.2, 0) is 21.1 Å². The molecule has 9 nitrogen and oxygen atoms in total. The number of sulfone groups is 1. The number of hydrogen-bond acceptors (Lipinski definition) is 7. The summed E-state index contributed by atoms with van der Waals surface area (Å²) in [5, 5.41) is 13.1. The van der Waals surface area contributed by atoms with E-state index in [0.717, 1.165) is 16.7 Å². The van der Waals surface area contributed by atoms with Gasteiger partial charge >= 0.3 is 0 Å². The Labute approximate surface area is 256 Å². The number of nitrogens with one attached hydrogen (secondary N) is 1. The number of carbonyl (C=O) groups is 2. The third-order valence-electron chi connectivity index (χ3n) is 7.85. The van der Waals surface area contributed by atoms with E-state index in [2.05, 4.69) is 5.32 Å². The molecule has 0 aliphatic carbocycles. The zero-order valence-electron chi connectivity index (χ0n) is 23.9. The summed E-state index contributed by atoms with van der Waals surface area (Å²) in [6.45, 7) is 1.06. The minimum Gasteiger partial charge on any atom is -0.507 e. The van der Waals surface area contributed by atoms with Crippen LogP contribution in [0.2, 0.25) is 0 Å². The molecule has 10 heteroatoms. The van der Waals surface area contributed by atoms with Gasteiger partial charge in [0.2, 0.25) is 5.91 Å². The lowest BCUT2D eigenvalue weighted by molar-refractivity contribution is -0.132. The second-order valence-corrected chi connectivity index (χ2v) is 12.9. The molecule has 7 rings (SSSR count). The van der Waals surface area contributed by atoms with E-state index in [1.165, 1.54) is 12.1 Å². The Morgan fingerprint density at radius 1 is 0.932 bits per heavy atom. The topological polar surface area (TPSA) is 122 Å². The van der Waals surface area contributed by atoms with Crippen LogP contribution in [0.3, 0.4) is 0 Å². The summed E-state index contributed by atoms with van der Waals surface area (Å²) in [4.78, 5) is 28.4. The number of amides is 2. The van der Waals surface area contributed by atoms with Gasteiger partial charge in [-0.15, -0.1) is 0 Å². The van der Waals surface area contributed by atoms with Gasteiger partial charge in [0.05, 0.1) is 28.9 Å². The van der Waals surface area contributed by atoms with E-state index in [1.807, 2.05) is 36.4 Å². The van der Waals surface area contributed by atoms with Crippen molar-refractivity contribution in [3.8, 4) is 23.0 Å². The van der Waals surface area contributed by atoms with Crippen LogP contribution in [0.5, 0.6) is 23.0 Å². The van der Waals surface area contributed by atoms with Crippen molar-refractivity contribution in [3.05, 3.63) is 113 Å². The van der Waals surface area contributed by atoms with Crippen molar-refractivity contribution in [1.29, 1.82) is 0 Å². The third kappa shape index (κ3) is 6.26. The van der Waals surface area contributed by atoms with E-state index < -0.39 is 21.8 Å². The summed E-state index contributed by atoms with van der Waals surface area (Å²) in [5.74, 6) is 0.471. The second-order valence-electron chi connectivity index (χ2n) is 10.8. The third-order valence-corrected chi connectivity index (χ3v) is 9.58. The smallest absolute Gasteiger partial charge is 0.255 e. The van der Waals surface area contributed by atoms with Gasteiger partial charge in [-0.2, -0.15) is 0 Å². The van der Waals surface area contributed by atoms with Gasteiger partial charge in [0.15, 0.2) is 9.84 Å². The molecular formula is C34H32N2O7S. The highest BCUT2D eigenvalue weighted by molar-refractivity contribution is 7.91. The monoisotopic (exact) mass is 612 g/mol. The fraction of sp³-hybridized carbons (Fsp3) is 0.235. The van der Waals surface area contributed by atoms with E-state index in [4.69, 9.17) is 9.47 Å². The van der Waals surface area contributed by atoms with Gasteiger partial charge in [-0.1, -0.05) is 36.4 Å². The van der Waals surface area contributed by atoms with Crippen LogP contribution in [-0.4, -0.2) is 55.7 Å². The van der Waals surface area contributed by atoms with Crippen LogP contribution < -0.4 is 14.8 Å². The highest BCUT2D eigenvalue weighted by Gasteiger charge is 2.33. The van der Waals surface area contributed by atoms with Crippen LogP contribution >= 0.6 is 0 Å². The molecule has 4 aromatic rings. The molecule has 0 radical (unpaired) electrons. The van der Waals surface area contributed by atoms with Crippen molar-refractivity contribution in [1.82, 2.24) is 10.2 Å². The van der Waals surface area contributed by atoms with Gasteiger partial charge in [-0.05, 0) is 84.1 Å². The first-order valence-electron chi connectivity index (χ1n) is 14.5. The number of aromatic hydroxyl groups is 1. The lowest BCUT2D eigenvalue weighted by Gasteiger charge is -2.38. The van der Waals surface area contributed by atoms with Gasteiger partial charge < -0.3 is 24.8 Å². The number of nitrogens with zero attached hydrogens (tertiary/aromatic N) is 1. The maximum absolute atomic E-state index is 13.7. The van der Waals surface area contributed by atoms with Gasteiger partial charge in [0.25, 0.3) is 5.91 Å². The Hall–Kier alpha value is -4.83. The largest absolute Gasteiger partial charge is 0.507 e. The van der Waals surface area contributed by atoms with Crippen molar-refractivity contribution in [2.24, 2.45) is 0 Å². The van der Waals surface area contributed by atoms with Crippen LogP contribution in [0.1, 0.15) is 45.9 Å². The van der Waals surface area contributed by atoms with E-state index >= 15 is 0 Å².